The molecule has 1 heterocycles. The van der Waals surface area contributed by atoms with Crippen molar-refractivity contribution in [1.82, 2.24) is 19.6 Å². The predicted octanol–water partition coefficient (Wildman–Crippen LogP) is 7.34. The summed E-state index contributed by atoms with van der Waals surface area (Å²) in [6.45, 7) is 18.7. The van der Waals surface area contributed by atoms with Crippen molar-refractivity contribution in [3.63, 3.8) is 0 Å². The van der Waals surface area contributed by atoms with Gasteiger partial charge in [0.05, 0.1) is 28.2 Å². The minimum atomic E-state index is -2.94. The second-order valence-corrected chi connectivity index (χ2v) is 41.4. The van der Waals surface area contributed by atoms with Gasteiger partial charge in [0.15, 0.2) is 0 Å². The summed E-state index contributed by atoms with van der Waals surface area (Å²) in [5.74, 6) is 2.54. The minimum Gasteiger partial charge on any atom is -0.391 e. The summed E-state index contributed by atoms with van der Waals surface area (Å²) < 4.78 is 10.9. The molecule has 0 aliphatic heterocycles. The summed E-state index contributed by atoms with van der Waals surface area (Å²) in [4.78, 5) is 9.13. The number of hydrogen-bond acceptors (Lipinski definition) is 6. The third-order valence-electron chi connectivity index (χ3n) is 5.16. The molecule has 0 atom stereocenters. The predicted molar refractivity (Wildman–Crippen MR) is 200 cm³/mol. The van der Waals surface area contributed by atoms with Crippen molar-refractivity contribution in [1.29, 1.82) is 0 Å². The normalized spacial score (nSPS) is 13.0. The smallest absolute Gasteiger partial charge is 0.391 e. The van der Waals surface area contributed by atoms with Gasteiger partial charge in [0, 0.05) is 52.4 Å². The molecule has 0 aromatic carbocycles. The van der Waals surface area contributed by atoms with Crippen molar-refractivity contribution in [2.45, 2.75) is 79.6 Å². The Morgan fingerprint density at radius 3 is 0.667 bits per heavy atom. The third-order valence-corrected chi connectivity index (χ3v) is 11.8. The van der Waals surface area contributed by atoms with Crippen LogP contribution in [0.1, 0.15) is 55.4 Å². The van der Waals surface area contributed by atoms with Crippen molar-refractivity contribution < 1.29 is 7.54 Å². The average molecular weight is 828 g/mol. The first-order valence-electron chi connectivity index (χ1n) is 13.5. The molecule has 0 bridgehead atoms. The van der Waals surface area contributed by atoms with E-state index in [9.17, 15) is 0 Å². The monoisotopic (exact) mass is 824 g/mol. The average Bonchev–Trinajstić information content (AvgIpc) is 2.68. The van der Waals surface area contributed by atoms with E-state index >= 15 is 0 Å². The number of hydrogen-bond donors (Lipinski definition) is 0. The van der Waals surface area contributed by atoms with Gasteiger partial charge in [0.25, 0.3) is 0 Å². The Morgan fingerprint density at radius 2 is 0.571 bits per heavy atom. The van der Waals surface area contributed by atoms with E-state index < -0.39 is 34.8 Å². The summed E-state index contributed by atoms with van der Waals surface area (Å²) in [7, 11) is 49.9. The zero-order valence-corrected chi connectivity index (χ0v) is 38.1. The summed E-state index contributed by atoms with van der Waals surface area (Å²) >= 11 is 0. The lowest BCUT2D eigenvalue weighted by molar-refractivity contribution is -0.560. The minimum absolute atomic E-state index is 0.436. The van der Waals surface area contributed by atoms with Gasteiger partial charge in [-0.3, -0.25) is 0 Å². The van der Waals surface area contributed by atoms with Crippen LogP contribution in [0.15, 0.2) is 0 Å². The summed E-state index contributed by atoms with van der Waals surface area (Å²) in [5, 5.41) is 0. The van der Waals surface area contributed by atoms with Crippen molar-refractivity contribution >= 4 is 115 Å². The van der Waals surface area contributed by atoms with Crippen LogP contribution in [0.4, 0.5) is 0 Å². The fourth-order valence-electron chi connectivity index (χ4n) is 4.52. The van der Waals surface area contributed by atoms with E-state index in [2.05, 4.69) is 148 Å². The number of halogens is 8. The van der Waals surface area contributed by atoms with Crippen LogP contribution in [-0.2, 0) is 0 Å². The molecule has 0 radical (unpaired) electrons. The Labute approximate surface area is 296 Å². The van der Waals surface area contributed by atoms with E-state index in [1.807, 2.05) is 0 Å². The maximum atomic E-state index is 4.99. The number of rotatable bonds is 10. The molecule has 8 nitrogen and oxygen atoms in total. The maximum absolute atomic E-state index is 4.99. The highest BCUT2D eigenvalue weighted by atomic mass is 35.9. The summed E-state index contributed by atoms with van der Waals surface area (Å²) in [6.07, 6.45) is 0. The fraction of sp³-hybridized carbons (Fsp3) is 0.909. The first-order chi connectivity index (χ1) is 18.6. The molecule has 1 aromatic heterocycles. The number of nitrogens with zero attached hydrogens (tertiary/aromatic N) is 8. The van der Waals surface area contributed by atoms with Crippen molar-refractivity contribution in [3.8, 4) is 0 Å². The largest absolute Gasteiger partial charge is 0.564 e. The van der Waals surface area contributed by atoms with Gasteiger partial charge < -0.3 is 90.2 Å². The zero-order valence-electron chi connectivity index (χ0n) is 28.0. The van der Waals surface area contributed by atoms with E-state index in [0.717, 1.165) is 0 Å². The Hall–Kier alpha value is 2.44. The molecule has 0 aliphatic carbocycles. The highest BCUT2D eigenvalue weighted by Gasteiger charge is 2.47. The third kappa shape index (κ3) is 16.5. The lowest BCUT2D eigenvalue weighted by Gasteiger charge is -2.33. The first kappa shape index (κ1) is 46.6. The van der Waals surface area contributed by atoms with Gasteiger partial charge >= 0.3 is 46.7 Å². The molecule has 0 amide bonds. The van der Waals surface area contributed by atoms with Gasteiger partial charge in [-0.05, 0) is 59.2 Å². The molecule has 0 spiro atoms. The number of aromatic nitrogens is 2. The van der Waals surface area contributed by atoms with Gasteiger partial charge in [0.2, 0.25) is 0 Å². The molecule has 0 N–H and O–H groups in total. The van der Waals surface area contributed by atoms with Crippen LogP contribution in [0.25, 0.3) is 0 Å². The summed E-state index contributed by atoms with van der Waals surface area (Å²) in [6, 6.07) is 1.74. The Balaban J connectivity index is 0. The maximum Gasteiger partial charge on any atom is 0.564 e. The molecule has 1 rings (SSSR count). The second kappa shape index (κ2) is 20.1. The SMILES string of the molecule is CC(C)N(C(C)C)p1[n+](=C(N(C)C)N(C)C)p(N(C(C)C)C(C)C)[n+]1=C(N(C)C)N(C)C.[Cl][Al-]([Cl])([Cl])[Cl].[Cl][Al-]([Cl])([Cl])[Cl]. The fourth-order valence-corrected chi connectivity index (χ4v) is 12.0. The van der Waals surface area contributed by atoms with E-state index in [4.69, 9.17) is 80.4 Å². The molecule has 0 unspecified atom stereocenters. The molecular weight excluding hydrogens is 776 g/mol. The van der Waals surface area contributed by atoms with E-state index in [0.29, 0.717) is 24.2 Å². The van der Waals surface area contributed by atoms with Crippen LogP contribution in [0, 0.1) is 11.9 Å². The Kier molecular flexibility index (Phi) is 22.3. The Morgan fingerprint density at radius 1 is 0.429 bits per heavy atom. The van der Waals surface area contributed by atoms with Crippen LogP contribution >= 0.6 is 96.4 Å². The van der Waals surface area contributed by atoms with Crippen LogP contribution in [-0.4, -0.2) is 119 Å². The van der Waals surface area contributed by atoms with Crippen LogP contribution in [0.5, 0.6) is 0 Å². The summed E-state index contributed by atoms with van der Waals surface area (Å²) in [5.41, 5.74) is 0. The highest BCUT2D eigenvalue weighted by Crippen LogP contribution is 2.37. The van der Waals surface area contributed by atoms with Gasteiger partial charge in [0.1, 0.15) is 0 Å². The quantitative estimate of drug-likeness (QED) is 0.230. The topological polar surface area (TPSA) is 31.2 Å². The van der Waals surface area contributed by atoms with Crippen LogP contribution in [0.2, 0.25) is 0 Å². The molecule has 0 fully saturated rings. The van der Waals surface area contributed by atoms with Crippen molar-refractivity contribution in [3.05, 3.63) is 11.9 Å². The van der Waals surface area contributed by atoms with Crippen molar-refractivity contribution in [2.75, 3.05) is 65.7 Å². The lowest BCUT2D eigenvalue weighted by Crippen LogP contribution is -2.60. The van der Waals surface area contributed by atoms with E-state index in [1.54, 1.807) is 0 Å². The van der Waals surface area contributed by atoms with Gasteiger partial charge in [-0.15, -0.1) is 0 Å². The molecule has 0 aliphatic rings. The van der Waals surface area contributed by atoms with Gasteiger partial charge in [-0.2, -0.15) is 9.34 Å². The van der Waals surface area contributed by atoms with Crippen LogP contribution in [0.3, 0.4) is 0 Å². The molecule has 0 saturated carbocycles. The molecular formula is C22H52Al2Cl8N8P2. The molecule has 1 aromatic rings. The Bertz CT molecular complexity index is 903. The zero-order chi connectivity index (χ0) is 34.2. The molecule has 0 saturated heterocycles. The lowest BCUT2D eigenvalue weighted by atomic mass is 10.3. The highest BCUT2D eigenvalue weighted by molar-refractivity contribution is 7.81. The second-order valence-electron chi connectivity index (χ2n) is 11.4. The van der Waals surface area contributed by atoms with Crippen molar-refractivity contribution in [2.24, 2.45) is 0 Å². The molecule has 42 heavy (non-hydrogen) atoms. The van der Waals surface area contributed by atoms with E-state index in [-0.39, 0.29) is 0 Å². The van der Waals surface area contributed by atoms with E-state index in [1.165, 1.54) is 11.9 Å². The first-order valence-corrected chi connectivity index (χ1v) is 29.9. The molecule has 252 valence electrons. The molecule has 20 heteroatoms. The van der Waals surface area contributed by atoms with Crippen LogP contribution < -0.4 is 16.9 Å². The van der Waals surface area contributed by atoms with Gasteiger partial charge in [-0.25, -0.2) is 9.80 Å². The standard InChI is InChI=1S/C22H52N8P2.2Al.8ClH/c1-17(2)27(18(3)4)31-29(21(23(9)10)24(11)12)32(28(19(5)6)20(7)8)30(31)22(25(13)14)26(15)16;;;;;;;;;;/h17-20H,1-16H3;;;8*1H/q+2;2*+3;;;;;;;;/p-8. The van der Waals surface area contributed by atoms with Gasteiger partial charge in [-0.1, -0.05) is 3.77 Å².